The first-order chi connectivity index (χ1) is 8.93. The topological polar surface area (TPSA) is 52.8 Å². The fourth-order valence-electron chi connectivity index (χ4n) is 1.62. The highest BCUT2D eigenvalue weighted by molar-refractivity contribution is 5.47. The monoisotopic (exact) mass is 238 g/mol. The third-order valence-electron chi connectivity index (χ3n) is 2.43. The third kappa shape index (κ3) is 2.06. The number of rotatable bonds is 3. The van der Waals surface area contributed by atoms with Gasteiger partial charge in [-0.2, -0.15) is 4.68 Å². The summed E-state index contributed by atoms with van der Waals surface area (Å²) in [4.78, 5) is 0. The molecule has 1 heterocycles. The van der Waals surface area contributed by atoms with Gasteiger partial charge in [0.2, 0.25) is 0 Å². The fourth-order valence-corrected chi connectivity index (χ4v) is 1.62. The molecule has 0 radical (unpaired) electrons. The molecule has 88 valence electrons. The molecule has 18 heavy (non-hydrogen) atoms. The lowest BCUT2D eigenvalue weighted by atomic mass is 10.3. The van der Waals surface area contributed by atoms with Crippen LogP contribution in [-0.2, 0) is 0 Å². The normalized spacial score (nSPS) is 10.2. The molecule has 0 fully saturated rings. The number of nitrogens with zero attached hydrogens (tertiary/aromatic N) is 4. The van der Waals surface area contributed by atoms with Crippen molar-refractivity contribution in [2.45, 2.75) is 0 Å². The van der Waals surface area contributed by atoms with E-state index in [1.54, 1.807) is 4.68 Å². The zero-order valence-electron chi connectivity index (χ0n) is 9.47. The molecule has 0 amide bonds. The summed E-state index contributed by atoms with van der Waals surface area (Å²) in [5, 5.41) is 11.1. The lowest BCUT2D eigenvalue weighted by Gasteiger charge is -2.09. The molecule has 5 heteroatoms. The second-order valence-corrected chi connectivity index (χ2v) is 3.64. The quantitative estimate of drug-likeness (QED) is 0.703. The molecule has 2 aromatic carbocycles. The van der Waals surface area contributed by atoms with Crippen LogP contribution in [0.5, 0.6) is 11.5 Å². The van der Waals surface area contributed by atoms with Gasteiger partial charge in [0.15, 0.2) is 5.75 Å². The van der Waals surface area contributed by atoms with Crippen LogP contribution in [0.15, 0.2) is 60.9 Å². The Hall–Kier alpha value is -2.69. The number of benzene rings is 2. The molecule has 1 aromatic heterocycles. The van der Waals surface area contributed by atoms with Gasteiger partial charge in [-0.25, -0.2) is 0 Å². The molecule has 3 rings (SSSR count). The Balaban J connectivity index is 1.98. The summed E-state index contributed by atoms with van der Waals surface area (Å²) in [5.41, 5.74) is 0.798. The van der Waals surface area contributed by atoms with Crippen molar-refractivity contribution in [2.75, 3.05) is 0 Å². The van der Waals surface area contributed by atoms with Crippen molar-refractivity contribution in [3.8, 4) is 17.2 Å². The van der Waals surface area contributed by atoms with E-state index >= 15 is 0 Å². The van der Waals surface area contributed by atoms with E-state index < -0.39 is 0 Å². The lowest BCUT2D eigenvalue weighted by molar-refractivity contribution is 0.477. The third-order valence-corrected chi connectivity index (χ3v) is 2.43. The molecule has 0 atom stereocenters. The Bertz CT molecular complexity index is 623. The standard InChI is InChI=1S/C13H10N4O/c1-2-6-11(7-3-1)18-13-9-5-4-8-12(13)17-10-14-15-16-17/h1-10H. The SMILES string of the molecule is c1ccc(Oc2ccccc2-n2cnnn2)cc1. The molecular weight excluding hydrogens is 228 g/mol. The van der Waals surface area contributed by atoms with Gasteiger partial charge in [-0.3, -0.25) is 0 Å². The van der Waals surface area contributed by atoms with Crippen LogP contribution < -0.4 is 4.74 Å². The van der Waals surface area contributed by atoms with E-state index in [0.717, 1.165) is 11.4 Å². The summed E-state index contributed by atoms with van der Waals surface area (Å²) in [6.45, 7) is 0. The van der Waals surface area contributed by atoms with E-state index in [2.05, 4.69) is 15.5 Å². The zero-order chi connectivity index (χ0) is 12.2. The fraction of sp³-hybridized carbons (Fsp3) is 0. The van der Waals surface area contributed by atoms with Crippen molar-refractivity contribution in [1.29, 1.82) is 0 Å². The molecule has 0 aliphatic heterocycles. The maximum absolute atomic E-state index is 5.82. The van der Waals surface area contributed by atoms with Crippen LogP contribution in [0.1, 0.15) is 0 Å². The highest BCUT2D eigenvalue weighted by Gasteiger charge is 2.06. The Morgan fingerprint density at radius 1 is 0.889 bits per heavy atom. The number of ether oxygens (including phenoxy) is 1. The van der Waals surface area contributed by atoms with Crippen LogP contribution in [0.4, 0.5) is 0 Å². The Labute approximate surface area is 104 Å². The smallest absolute Gasteiger partial charge is 0.153 e. The maximum Gasteiger partial charge on any atom is 0.153 e. The van der Waals surface area contributed by atoms with E-state index in [9.17, 15) is 0 Å². The van der Waals surface area contributed by atoms with Gasteiger partial charge >= 0.3 is 0 Å². The van der Waals surface area contributed by atoms with Gasteiger partial charge in [0.1, 0.15) is 17.8 Å². The summed E-state index contributed by atoms with van der Waals surface area (Å²) >= 11 is 0. The van der Waals surface area contributed by atoms with Gasteiger partial charge < -0.3 is 4.74 Å². The molecule has 0 saturated carbocycles. The molecule has 0 bridgehead atoms. The van der Waals surface area contributed by atoms with Crippen molar-refractivity contribution in [3.05, 3.63) is 60.9 Å². The Morgan fingerprint density at radius 2 is 1.67 bits per heavy atom. The number of aromatic nitrogens is 4. The van der Waals surface area contributed by atoms with Crippen LogP contribution in [0.25, 0.3) is 5.69 Å². The van der Waals surface area contributed by atoms with E-state index in [4.69, 9.17) is 4.74 Å². The van der Waals surface area contributed by atoms with Gasteiger partial charge in [0.05, 0.1) is 0 Å². The van der Waals surface area contributed by atoms with Crippen LogP contribution in [0, 0.1) is 0 Å². The van der Waals surface area contributed by atoms with Gasteiger partial charge in [0.25, 0.3) is 0 Å². The number of para-hydroxylation sites is 3. The molecule has 0 saturated heterocycles. The first kappa shape index (κ1) is 10.5. The van der Waals surface area contributed by atoms with Crippen molar-refractivity contribution in [1.82, 2.24) is 20.2 Å². The van der Waals surface area contributed by atoms with Crippen LogP contribution >= 0.6 is 0 Å². The summed E-state index contributed by atoms with van der Waals surface area (Å²) in [6.07, 6.45) is 1.53. The van der Waals surface area contributed by atoms with E-state index in [1.165, 1.54) is 6.33 Å². The highest BCUT2D eigenvalue weighted by atomic mass is 16.5. The minimum atomic E-state index is 0.705. The number of tetrazole rings is 1. The minimum Gasteiger partial charge on any atom is -0.455 e. The summed E-state index contributed by atoms with van der Waals surface area (Å²) in [6, 6.07) is 17.2. The molecule has 5 nitrogen and oxygen atoms in total. The largest absolute Gasteiger partial charge is 0.455 e. The van der Waals surface area contributed by atoms with Gasteiger partial charge in [0, 0.05) is 0 Å². The van der Waals surface area contributed by atoms with Crippen LogP contribution in [0.2, 0.25) is 0 Å². The molecule has 0 N–H and O–H groups in total. The maximum atomic E-state index is 5.82. The Kier molecular flexibility index (Phi) is 2.71. The van der Waals surface area contributed by atoms with Crippen molar-refractivity contribution >= 4 is 0 Å². The molecule has 0 unspecified atom stereocenters. The van der Waals surface area contributed by atoms with Gasteiger partial charge in [-0.05, 0) is 34.7 Å². The summed E-state index contributed by atoms with van der Waals surface area (Å²) in [7, 11) is 0. The number of hydrogen-bond donors (Lipinski definition) is 0. The van der Waals surface area contributed by atoms with E-state index in [1.807, 2.05) is 54.6 Å². The zero-order valence-corrected chi connectivity index (χ0v) is 9.47. The second kappa shape index (κ2) is 4.67. The van der Waals surface area contributed by atoms with E-state index in [-0.39, 0.29) is 0 Å². The van der Waals surface area contributed by atoms with Crippen molar-refractivity contribution < 1.29 is 4.74 Å². The number of hydrogen-bond acceptors (Lipinski definition) is 4. The molecule has 0 aliphatic rings. The summed E-state index contributed by atoms with van der Waals surface area (Å²) in [5.74, 6) is 1.48. The molecule has 3 aromatic rings. The van der Waals surface area contributed by atoms with Crippen LogP contribution in [0.3, 0.4) is 0 Å². The van der Waals surface area contributed by atoms with Crippen molar-refractivity contribution in [3.63, 3.8) is 0 Å². The lowest BCUT2D eigenvalue weighted by Crippen LogP contribution is -1.98. The molecular formula is C13H10N4O. The van der Waals surface area contributed by atoms with Gasteiger partial charge in [-0.15, -0.1) is 5.10 Å². The summed E-state index contributed by atoms with van der Waals surface area (Å²) < 4.78 is 7.38. The average Bonchev–Trinajstić information content (AvgIpc) is 2.94. The predicted octanol–water partition coefficient (Wildman–Crippen LogP) is 2.45. The first-order valence-corrected chi connectivity index (χ1v) is 5.49. The van der Waals surface area contributed by atoms with Crippen molar-refractivity contribution in [2.24, 2.45) is 0 Å². The minimum absolute atomic E-state index is 0.705. The highest BCUT2D eigenvalue weighted by Crippen LogP contribution is 2.26. The second-order valence-electron chi connectivity index (χ2n) is 3.64. The average molecular weight is 238 g/mol. The van der Waals surface area contributed by atoms with Gasteiger partial charge in [-0.1, -0.05) is 30.3 Å². The van der Waals surface area contributed by atoms with E-state index in [0.29, 0.717) is 5.75 Å². The Morgan fingerprint density at radius 3 is 2.44 bits per heavy atom. The van der Waals surface area contributed by atoms with Crippen LogP contribution in [-0.4, -0.2) is 20.2 Å². The first-order valence-electron chi connectivity index (χ1n) is 5.49. The molecule has 0 spiro atoms. The molecule has 0 aliphatic carbocycles. The predicted molar refractivity (Wildman–Crippen MR) is 65.7 cm³/mol.